The lowest BCUT2D eigenvalue weighted by Gasteiger charge is -2.31. The predicted octanol–water partition coefficient (Wildman–Crippen LogP) is 1.88. The minimum Gasteiger partial charge on any atom is -0.466 e. The molecule has 1 unspecified atom stereocenters. The van der Waals surface area contributed by atoms with Crippen LogP contribution in [0.2, 0.25) is 0 Å². The molecule has 1 amide bonds. The van der Waals surface area contributed by atoms with Crippen molar-refractivity contribution in [3.05, 3.63) is 16.6 Å². The minimum absolute atomic E-state index is 0.104. The van der Waals surface area contributed by atoms with Crippen LogP contribution in [-0.4, -0.2) is 41.5 Å². The molecule has 0 radical (unpaired) electrons. The number of likely N-dealkylation sites (tertiary alicyclic amines) is 1. The van der Waals surface area contributed by atoms with Crippen LogP contribution in [-0.2, 0) is 20.7 Å². The third kappa shape index (κ3) is 4.03. The lowest BCUT2D eigenvalue weighted by Crippen LogP contribution is -2.42. The summed E-state index contributed by atoms with van der Waals surface area (Å²) in [5, 5.41) is 1.96. The van der Waals surface area contributed by atoms with E-state index in [2.05, 4.69) is 4.98 Å². The Morgan fingerprint density at radius 3 is 3.10 bits per heavy atom. The van der Waals surface area contributed by atoms with Gasteiger partial charge < -0.3 is 9.64 Å². The summed E-state index contributed by atoms with van der Waals surface area (Å²) in [7, 11) is 0. The van der Waals surface area contributed by atoms with E-state index in [1.807, 2.05) is 5.38 Å². The Bertz CT molecular complexity index is 447. The highest BCUT2D eigenvalue weighted by Gasteiger charge is 2.29. The number of esters is 1. The zero-order chi connectivity index (χ0) is 14.4. The monoisotopic (exact) mass is 296 g/mol. The van der Waals surface area contributed by atoms with Crippen LogP contribution >= 0.6 is 11.3 Å². The number of ether oxygens (including phenoxy) is 1. The summed E-state index contributed by atoms with van der Waals surface area (Å²) in [4.78, 5) is 29.9. The van der Waals surface area contributed by atoms with Crippen LogP contribution in [0.1, 0.15) is 31.9 Å². The molecule has 6 heteroatoms. The third-order valence-corrected chi connectivity index (χ3v) is 4.11. The fourth-order valence-electron chi connectivity index (χ4n) is 2.41. The lowest BCUT2D eigenvalue weighted by atomic mass is 9.98. The van der Waals surface area contributed by atoms with Gasteiger partial charge >= 0.3 is 5.97 Å². The number of nitrogens with zero attached hydrogens (tertiary/aromatic N) is 2. The van der Waals surface area contributed by atoms with Crippen molar-refractivity contribution in [2.75, 3.05) is 19.7 Å². The molecular formula is C14H20N2O3S. The molecule has 2 heterocycles. The van der Waals surface area contributed by atoms with Gasteiger partial charge in [-0.15, -0.1) is 11.3 Å². The molecule has 110 valence electrons. The normalized spacial score (nSPS) is 18.9. The van der Waals surface area contributed by atoms with Gasteiger partial charge in [0.05, 0.1) is 23.7 Å². The molecule has 0 aromatic carbocycles. The Morgan fingerprint density at radius 2 is 2.40 bits per heavy atom. The average Bonchev–Trinajstić information content (AvgIpc) is 2.98. The zero-order valence-electron chi connectivity index (χ0n) is 11.7. The van der Waals surface area contributed by atoms with Crippen molar-refractivity contribution in [1.82, 2.24) is 9.88 Å². The Balaban J connectivity index is 1.81. The first-order chi connectivity index (χ1) is 9.70. The minimum atomic E-state index is -0.176. The van der Waals surface area contributed by atoms with Gasteiger partial charge in [0.2, 0.25) is 5.91 Å². The van der Waals surface area contributed by atoms with Gasteiger partial charge in [0.1, 0.15) is 0 Å². The highest BCUT2D eigenvalue weighted by molar-refractivity contribution is 7.07. The predicted molar refractivity (Wildman–Crippen MR) is 76.4 cm³/mol. The summed E-state index contributed by atoms with van der Waals surface area (Å²) < 4.78 is 5.04. The second kappa shape index (κ2) is 7.38. The molecule has 0 saturated carbocycles. The average molecular weight is 296 g/mol. The van der Waals surface area contributed by atoms with Crippen LogP contribution in [0.15, 0.2) is 10.9 Å². The van der Waals surface area contributed by atoms with E-state index in [1.165, 1.54) is 11.3 Å². The molecule has 0 aliphatic carbocycles. The van der Waals surface area contributed by atoms with Crippen LogP contribution in [0.5, 0.6) is 0 Å². The van der Waals surface area contributed by atoms with Crippen molar-refractivity contribution in [1.29, 1.82) is 0 Å². The van der Waals surface area contributed by atoms with Gasteiger partial charge in [0, 0.05) is 24.9 Å². The van der Waals surface area contributed by atoms with Gasteiger partial charge in [-0.1, -0.05) is 0 Å². The summed E-state index contributed by atoms with van der Waals surface area (Å²) >= 11 is 1.54. The number of aryl methyl sites for hydroxylation is 1. The van der Waals surface area contributed by atoms with Gasteiger partial charge in [-0.2, -0.15) is 0 Å². The molecule has 0 spiro atoms. The number of carbonyl (C=O) groups excluding carboxylic acids is 2. The van der Waals surface area contributed by atoms with E-state index in [0.29, 0.717) is 26.0 Å². The van der Waals surface area contributed by atoms with Crippen molar-refractivity contribution in [3.63, 3.8) is 0 Å². The van der Waals surface area contributed by atoms with E-state index >= 15 is 0 Å². The summed E-state index contributed by atoms with van der Waals surface area (Å²) in [5.74, 6) is -0.233. The maximum atomic E-state index is 12.2. The molecule has 5 nitrogen and oxygen atoms in total. The van der Waals surface area contributed by atoms with Gasteiger partial charge in [-0.3, -0.25) is 9.59 Å². The standard InChI is InChI=1S/C14H20N2O3S/c1-2-19-14(18)11-4-3-7-16(8-11)13(17)6-5-12-9-20-10-15-12/h9-11H,2-8H2,1H3. The first-order valence-electron chi connectivity index (χ1n) is 7.02. The molecule has 2 rings (SSSR count). The number of thiazole rings is 1. The number of hydrogen-bond donors (Lipinski definition) is 0. The second-order valence-electron chi connectivity index (χ2n) is 4.91. The van der Waals surface area contributed by atoms with Crippen molar-refractivity contribution >= 4 is 23.2 Å². The van der Waals surface area contributed by atoms with Crippen LogP contribution in [0.3, 0.4) is 0 Å². The van der Waals surface area contributed by atoms with Crippen molar-refractivity contribution in [2.45, 2.75) is 32.6 Å². The molecule has 1 aliphatic heterocycles. The smallest absolute Gasteiger partial charge is 0.310 e. The van der Waals surface area contributed by atoms with E-state index in [9.17, 15) is 9.59 Å². The number of carbonyl (C=O) groups is 2. The number of amides is 1. The SMILES string of the molecule is CCOC(=O)C1CCCN(C(=O)CCc2cscn2)C1. The fraction of sp³-hybridized carbons (Fsp3) is 0.643. The van der Waals surface area contributed by atoms with Gasteiger partial charge in [0.15, 0.2) is 0 Å². The molecule has 1 atom stereocenters. The van der Waals surface area contributed by atoms with Crippen molar-refractivity contribution < 1.29 is 14.3 Å². The molecular weight excluding hydrogens is 276 g/mol. The molecule has 1 aromatic rings. The summed E-state index contributed by atoms with van der Waals surface area (Å²) in [6, 6.07) is 0. The van der Waals surface area contributed by atoms with Crippen LogP contribution in [0, 0.1) is 5.92 Å². The van der Waals surface area contributed by atoms with Crippen molar-refractivity contribution in [3.8, 4) is 0 Å². The van der Waals surface area contributed by atoms with Crippen LogP contribution < -0.4 is 0 Å². The highest BCUT2D eigenvalue weighted by Crippen LogP contribution is 2.19. The molecule has 0 N–H and O–H groups in total. The molecule has 20 heavy (non-hydrogen) atoms. The quantitative estimate of drug-likeness (QED) is 0.778. The lowest BCUT2D eigenvalue weighted by molar-refractivity contribution is -0.151. The maximum absolute atomic E-state index is 12.2. The van der Waals surface area contributed by atoms with Crippen molar-refractivity contribution in [2.24, 2.45) is 5.92 Å². The van der Waals surface area contributed by atoms with E-state index in [1.54, 1.807) is 17.3 Å². The first-order valence-corrected chi connectivity index (χ1v) is 7.96. The Morgan fingerprint density at radius 1 is 1.55 bits per heavy atom. The molecule has 1 fully saturated rings. The fourth-order valence-corrected chi connectivity index (χ4v) is 3.00. The second-order valence-corrected chi connectivity index (χ2v) is 5.63. The van der Waals surface area contributed by atoms with Gasteiger partial charge in [-0.05, 0) is 26.2 Å². The Labute approximate surface area is 122 Å². The molecule has 0 bridgehead atoms. The summed E-state index contributed by atoms with van der Waals surface area (Å²) in [5.41, 5.74) is 2.74. The topological polar surface area (TPSA) is 59.5 Å². The molecule has 1 saturated heterocycles. The van der Waals surface area contributed by atoms with Crippen LogP contribution in [0.4, 0.5) is 0 Å². The number of hydrogen-bond acceptors (Lipinski definition) is 5. The highest BCUT2D eigenvalue weighted by atomic mass is 32.1. The van der Waals surface area contributed by atoms with Crippen LogP contribution in [0.25, 0.3) is 0 Å². The third-order valence-electron chi connectivity index (χ3n) is 3.47. The number of rotatable bonds is 5. The Kier molecular flexibility index (Phi) is 5.52. The Hall–Kier alpha value is -1.43. The number of piperidine rings is 1. The van der Waals surface area contributed by atoms with E-state index < -0.39 is 0 Å². The molecule has 1 aromatic heterocycles. The van der Waals surface area contributed by atoms with E-state index in [-0.39, 0.29) is 17.8 Å². The van der Waals surface area contributed by atoms with E-state index in [0.717, 1.165) is 25.1 Å². The van der Waals surface area contributed by atoms with Gasteiger partial charge in [0.25, 0.3) is 0 Å². The molecule has 1 aliphatic rings. The zero-order valence-corrected chi connectivity index (χ0v) is 12.5. The van der Waals surface area contributed by atoms with E-state index in [4.69, 9.17) is 4.74 Å². The summed E-state index contributed by atoms with van der Waals surface area (Å²) in [6.07, 6.45) is 2.81. The first kappa shape index (κ1) is 15.0. The number of aromatic nitrogens is 1. The maximum Gasteiger partial charge on any atom is 0.310 e. The largest absolute Gasteiger partial charge is 0.466 e. The van der Waals surface area contributed by atoms with Gasteiger partial charge in [-0.25, -0.2) is 4.98 Å². The summed E-state index contributed by atoms with van der Waals surface area (Å²) in [6.45, 7) is 3.44.